The highest BCUT2D eigenvalue weighted by Crippen LogP contribution is 2.48. The topological polar surface area (TPSA) is 91.9 Å². The number of rotatable bonds is 1. The summed E-state index contributed by atoms with van der Waals surface area (Å²) < 4.78 is 17.9. The minimum absolute atomic E-state index is 0.0367. The first kappa shape index (κ1) is 14.7. The number of hydrogen-bond acceptors (Lipinski definition) is 7. The van der Waals surface area contributed by atoms with Crippen LogP contribution in [-0.4, -0.2) is 41.4 Å². The van der Waals surface area contributed by atoms with Crippen molar-refractivity contribution in [2.45, 2.75) is 30.6 Å². The number of aliphatic imine (C=N–C) groups is 1. The van der Waals surface area contributed by atoms with E-state index in [4.69, 9.17) is 19.9 Å². The molecule has 0 bridgehead atoms. The fraction of sp³-hybridized carbons (Fsp3) is 0.389. The number of hydrogen-bond donors (Lipinski definition) is 1. The molecule has 0 radical (unpaired) electrons. The highest BCUT2D eigenvalue weighted by atomic mass is 16.6. The zero-order valence-electron chi connectivity index (χ0n) is 13.6. The monoisotopic (exact) mass is 338 g/mol. The first-order valence-corrected chi connectivity index (χ1v) is 8.42. The lowest BCUT2D eigenvalue weighted by Crippen LogP contribution is -2.55. The lowest BCUT2D eigenvalue weighted by Gasteiger charge is -2.45. The minimum atomic E-state index is -0.658. The molecule has 25 heavy (non-hydrogen) atoms. The van der Waals surface area contributed by atoms with Crippen molar-refractivity contribution in [2.24, 2.45) is 10.7 Å². The van der Waals surface area contributed by atoms with Gasteiger partial charge in [0.25, 0.3) is 6.02 Å². The maximum atomic E-state index is 6.23. The molecule has 1 aromatic heterocycles. The number of ether oxygens (including phenoxy) is 3. The fourth-order valence-corrected chi connectivity index (χ4v) is 3.96. The summed E-state index contributed by atoms with van der Waals surface area (Å²) in [5.41, 5.74) is 8.09. The summed E-state index contributed by atoms with van der Waals surface area (Å²) >= 11 is 0. The van der Waals surface area contributed by atoms with Gasteiger partial charge in [-0.15, -0.1) is 0 Å². The molecule has 0 saturated carbocycles. The van der Waals surface area contributed by atoms with Crippen molar-refractivity contribution in [3.63, 3.8) is 0 Å². The molecule has 4 heterocycles. The number of nitrogens with two attached hydrogens (primary N) is 1. The van der Waals surface area contributed by atoms with Gasteiger partial charge >= 0.3 is 0 Å². The van der Waals surface area contributed by atoms with Gasteiger partial charge < -0.3 is 19.9 Å². The van der Waals surface area contributed by atoms with Crippen LogP contribution in [0.2, 0.25) is 0 Å². The molecule has 0 amide bonds. The second-order valence-electron chi connectivity index (χ2n) is 6.59. The van der Waals surface area contributed by atoms with Crippen molar-refractivity contribution in [1.29, 1.82) is 0 Å². The van der Waals surface area contributed by atoms with Gasteiger partial charge in [-0.2, -0.15) is 0 Å². The molecule has 7 nitrogen and oxygen atoms in total. The van der Waals surface area contributed by atoms with Crippen molar-refractivity contribution in [2.75, 3.05) is 13.2 Å². The molecular weight excluding hydrogens is 320 g/mol. The van der Waals surface area contributed by atoms with E-state index in [1.54, 1.807) is 12.4 Å². The van der Waals surface area contributed by atoms with Gasteiger partial charge in [-0.25, -0.2) is 15.0 Å². The van der Waals surface area contributed by atoms with Gasteiger partial charge in [0.2, 0.25) is 0 Å². The van der Waals surface area contributed by atoms with Crippen molar-refractivity contribution >= 4 is 6.02 Å². The van der Waals surface area contributed by atoms with Crippen LogP contribution in [-0.2, 0) is 15.0 Å². The molecule has 3 atom stereocenters. The van der Waals surface area contributed by atoms with Crippen LogP contribution >= 0.6 is 0 Å². The number of amidine groups is 1. The van der Waals surface area contributed by atoms with E-state index in [-0.39, 0.29) is 18.2 Å². The highest BCUT2D eigenvalue weighted by Gasteiger charge is 2.55. The smallest absolute Gasteiger partial charge is 0.283 e. The minimum Gasteiger partial charge on any atom is -0.487 e. The molecule has 3 aliphatic heterocycles. The molecule has 1 saturated heterocycles. The first-order valence-electron chi connectivity index (χ1n) is 8.42. The van der Waals surface area contributed by atoms with Crippen LogP contribution < -0.4 is 10.5 Å². The average molecular weight is 338 g/mol. The van der Waals surface area contributed by atoms with Crippen LogP contribution in [0.3, 0.4) is 0 Å². The van der Waals surface area contributed by atoms with Gasteiger partial charge in [-0.05, 0) is 30.5 Å². The number of aromatic nitrogens is 2. The molecule has 2 unspecified atom stereocenters. The molecule has 5 rings (SSSR count). The summed E-state index contributed by atoms with van der Waals surface area (Å²) in [6.07, 6.45) is 6.77. The number of benzene rings is 1. The van der Waals surface area contributed by atoms with E-state index in [2.05, 4.69) is 21.0 Å². The molecular formula is C18H18N4O3. The largest absolute Gasteiger partial charge is 0.487 e. The summed E-state index contributed by atoms with van der Waals surface area (Å²) in [6, 6.07) is 6.26. The van der Waals surface area contributed by atoms with E-state index in [0.29, 0.717) is 13.2 Å². The van der Waals surface area contributed by atoms with E-state index in [0.717, 1.165) is 35.3 Å². The molecule has 3 aliphatic rings. The summed E-state index contributed by atoms with van der Waals surface area (Å²) in [6.45, 7) is 1.06. The second kappa shape index (κ2) is 5.42. The van der Waals surface area contributed by atoms with Gasteiger partial charge in [0, 0.05) is 30.1 Å². The third-order valence-electron chi connectivity index (χ3n) is 5.11. The standard InChI is InChI=1S/C18H18N4O3/c19-17-22-18(9-24-17)13-6-11(12-7-20-10-21-8-12)3-4-14(13)25-15-2-1-5-23-16(15)18/h3-4,6-8,10,15-16H,1-2,5,9H2,(H2,19,22)/t15?,16-,18?/m0/s1. The second-order valence-corrected chi connectivity index (χ2v) is 6.59. The predicted octanol–water partition coefficient (Wildman–Crippen LogP) is 1.62. The maximum absolute atomic E-state index is 6.23. The van der Waals surface area contributed by atoms with Crippen molar-refractivity contribution in [3.05, 3.63) is 42.5 Å². The molecule has 2 N–H and O–H groups in total. The van der Waals surface area contributed by atoms with Gasteiger partial charge in [0.15, 0.2) is 5.54 Å². The Morgan fingerprint density at radius 3 is 2.84 bits per heavy atom. The zero-order chi connectivity index (χ0) is 16.9. The average Bonchev–Trinajstić information content (AvgIpc) is 3.05. The molecule has 1 aromatic carbocycles. The molecule has 2 aromatic rings. The summed E-state index contributed by atoms with van der Waals surface area (Å²) in [5, 5.41) is 0. The van der Waals surface area contributed by atoms with Crippen molar-refractivity contribution in [1.82, 2.24) is 9.97 Å². The van der Waals surface area contributed by atoms with Crippen LogP contribution in [0.1, 0.15) is 18.4 Å². The number of fused-ring (bicyclic) bond motifs is 4. The fourth-order valence-electron chi connectivity index (χ4n) is 3.96. The summed E-state index contributed by atoms with van der Waals surface area (Å²) in [4.78, 5) is 12.9. The SMILES string of the molecule is NC1=NC2(CO1)c1cc(-c3cncnc3)ccc1OC1CCCO[C@@H]12. The van der Waals surface area contributed by atoms with Gasteiger partial charge in [-0.1, -0.05) is 6.07 Å². The highest BCUT2D eigenvalue weighted by molar-refractivity contribution is 5.75. The van der Waals surface area contributed by atoms with Crippen LogP contribution in [0.5, 0.6) is 5.75 Å². The lowest BCUT2D eigenvalue weighted by molar-refractivity contribution is -0.117. The van der Waals surface area contributed by atoms with E-state index in [1.165, 1.54) is 6.33 Å². The Bertz CT molecular complexity index is 841. The van der Waals surface area contributed by atoms with Crippen LogP contribution in [0.15, 0.2) is 41.9 Å². The van der Waals surface area contributed by atoms with Crippen LogP contribution in [0.25, 0.3) is 11.1 Å². The number of nitrogens with zero attached hydrogens (tertiary/aromatic N) is 3. The quantitative estimate of drug-likeness (QED) is 0.849. The molecule has 7 heteroatoms. The van der Waals surface area contributed by atoms with E-state index in [9.17, 15) is 0 Å². The van der Waals surface area contributed by atoms with Crippen molar-refractivity contribution in [3.8, 4) is 16.9 Å². The molecule has 1 spiro atoms. The third-order valence-corrected chi connectivity index (χ3v) is 5.11. The van der Waals surface area contributed by atoms with Crippen molar-refractivity contribution < 1.29 is 14.2 Å². The van der Waals surface area contributed by atoms with Crippen LogP contribution in [0.4, 0.5) is 0 Å². The summed E-state index contributed by atoms with van der Waals surface area (Å²) in [7, 11) is 0. The lowest BCUT2D eigenvalue weighted by atomic mass is 9.78. The van der Waals surface area contributed by atoms with E-state index >= 15 is 0 Å². The zero-order valence-corrected chi connectivity index (χ0v) is 13.6. The Kier molecular flexibility index (Phi) is 3.18. The Morgan fingerprint density at radius 1 is 1.16 bits per heavy atom. The van der Waals surface area contributed by atoms with Gasteiger partial charge in [0.05, 0.1) is 0 Å². The molecule has 128 valence electrons. The maximum Gasteiger partial charge on any atom is 0.283 e. The predicted molar refractivity (Wildman–Crippen MR) is 90.1 cm³/mol. The Morgan fingerprint density at radius 2 is 2.04 bits per heavy atom. The Hall–Kier alpha value is -2.67. The third kappa shape index (κ3) is 2.19. The first-order chi connectivity index (χ1) is 12.3. The Balaban J connectivity index is 1.68. The Labute approximate surface area is 144 Å². The van der Waals surface area contributed by atoms with Crippen LogP contribution in [0, 0.1) is 0 Å². The van der Waals surface area contributed by atoms with E-state index < -0.39 is 5.54 Å². The normalized spacial score (nSPS) is 30.0. The van der Waals surface area contributed by atoms with Gasteiger partial charge in [-0.3, -0.25) is 0 Å². The summed E-state index contributed by atoms with van der Waals surface area (Å²) in [5.74, 6) is 0.814. The van der Waals surface area contributed by atoms with E-state index in [1.807, 2.05) is 12.1 Å². The molecule has 1 fully saturated rings. The van der Waals surface area contributed by atoms with Gasteiger partial charge in [0.1, 0.15) is 30.9 Å². The molecule has 0 aliphatic carbocycles.